The van der Waals surface area contributed by atoms with Gasteiger partial charge in [0, 0.05) is 19.7 Å². The molecule has 4 N–H and O–H groups in total. The molecule has 31 heavy (non-hydrogen) atoms. The minimum absolute atomic E-state index is 0.0235. The number of nitrogens with one attached hydrogen (secondary N) is 3. The zero-order valence-electron chi connectivity index (χ0n) is 17.9. The van der Waals surface area contributed by atoms with Crippen molar-refractivity contribution in [2.24, 2.45) is 13.0 Å². The normalized spacial score (nSPS) is 11.9. The van der Waals surface area contributed by atoms with Gasteiger partial charge >= 0.3 is 18.0 Å². The molecular weight excluding hydrogens is 416 g/mol. The van der Waals surface area contributed by atoms with Crippen molar-refractivity contribution < 1.29 is 38.5 Å². The molecule has 0 bridgehead atoms. The van der Waals surface area contributed by atoms with Gasteiger partial charge in [0.05, 0.1) is 12.5 Å². The predicted octanol–water partition coefficient (Wildman–Crippen LogP) is -0.990. The van der Waals surface area contributed by atoms with E-state index in [1.165, 1.54) is 7.05 Å². The molecule has 0 fully saturated rings. The van der Waals surface area contributed by atoms with Crippen LogP contribution in [0.5, 0.6) is 0 Å². The lowest BCUT2D eigenvalue weighted by Crippen LogP contribution is -2.36. The number of aromatic nitrogens is 2. The van der Waals surface area contributed by atoms with Crippen LogP contribution in [-0.2, 0) is 30.8 Å². The topological polar surface area (TPSA) is 178 Å². The molecule has 1 rings (SSSR count). The molecule has 0 saturated carbocycles. The summed E-state index contributed by atoms with van der Waals surface area (Å²) in [7, 11) is 1.46. The first-order valence-electron chi connectivity index (χ1n) is 9.37. The van der Waals surface area contributed by atoms with Crippen LogP contribution in [-0.4, -0.2) is 70.9 Å². The van der Waals surface area contributed by atoms with E-state index in [9.17, 15) is 29.1 Å². The Morgan fingerprint density at radius 1 is 1.19 bits per heavy atom. The second kappa shape index (κ2) is 11.7. The zero-order chi connectivity index (χ0) is 23.6. The van der Waals surface area contributed by atoms with Gasteiger partial charge in [0.15, 0.2) is 0 Å². The number of hydrogen-bond acceptors (Lipinski definition) is 9. The van der Waals surface area contributed by atoms with Gasteiger partial charge in [0.2, 0.25) is 6.79 Å². The number of ether oxygens (including phenoxy) is 3. The number of aromatic amines is 1. The van der Waals surface area contributed by atoms with E-state index in [0.29, 0.717) is 0 Å². The molecule has 174 valence electrons. The van der Waals surface area contributed by atoms with Crippen molar-refractivity contribution in [3.63, 3.8) is 0 Å². The molecule has 1 aromatic heterocycles. The molecule has 1 aromatic rings. The van der Waals surface area contributed by atoms with Crippen LogP contribution < -0.4 is 16.2 Å². The molecule has 1 atom stereocenters. The highest BCUT2D eigenvalue weighted by Gasteiger charge is 2.21. The van der Waals surface area contributed by atoms with Crippen LogP contribution in [0.4, 0.5) is 4.79 Å². The van der Waals surface area contributed by atoms with Crippen molar-refractivity contribution in [2.45, 2.75) is 32.8 Å². The van der Waals surface area contributed by atoms with Gasteiger partial charge in [-0.1, -0.05) is 0 Å². The molecule has 0 aliphatic rings. The van der Waals surface area contributed by atoms with Gasteiger partial charge in [-0.25, -0.2) is 4.79 Å². The van der Waals surface area contributed by atoms with Crippen LogP contribution >= 0.6 is 0 Å². The maximum absolute atomic E-state index is 11.9. The summed E-state index contributed by atoms with van der Waals surface area (Å²) in [5.41, 5.74) is -1.04. The Balaban J connectivity index is 2.29. The number of carbonyl (C=O) groups is 4. The van der Waals surface area contributed by atoms with Gasteiger partial charge in [-0.3, -0.25) is 29.0 Å². The standard InChI is InChI=1S/C18H28N4O9/c1-18(2,3)31-17(28)20-8-14(25)29-10-30-16(27)11(9-23)5-6-19-15(26)12-7-13(24)22(4)21-12/h7,11,21,23H,5-6,8-10H2,1-4H3,(H,19,26)(H,20,28). The lowest BCUT2D eigenvalue weighted by atomic mass is 10.1. The number of hydrogen-bond donors (Lipinski definition) is 4. The Labute approximate surface area is 178 Å². The molecular formula is C18H28N4O9. The summed E-state index contributed by atoms with van der Waals surface area (Å²) < 4.78 is 15.5. The van der Waals surface area contributed by atoms with Crippen LogP contribution in [0.15, 0.2) is 10.9 Å². The fraction of sp³-hybridized carbons (Fsp3) is 0.611. The van der Waals surface area contributed by atoms with Crippen LogP contribution in [0.25, 0.3) is 0 Å². The molecule has 0 saturated heterocycles. The second-order valence-electron chi connectivity index (χ2n) is 7.44. The van der Waals surface area contributed by atoms with Gasteiger partial charge in [-0.05, 0) is 27.2 Å². The van der Waals surface area contributed by atoms with Crippen molar-refractivity contribution in [2.75, 3.05) is 26.5 Å². The highest BCUT2D eigenvalue weighted by molar-refractivity contribution is 5.92. The molecule has 13 heteroatoms. The van der Waals surface area contributed by atoms with E-state index in [2.05, 4.69) is 20.5 Å². The smallest absolute Gasteiger partial charge is 0.408 e. The molecule has 13 nitrogen and oxygen atoms in total. The van der Waals surface area contributed by atoms with E-state index in [4.69, 9.17) is 9.47 Å². The SMILES string of the molecule is Cn1[nH]c(C(=O)NCCC(CO)C(=O)OCOC(=O)CNC(=O)OC(C)(C)C)cc1=O. The Bertz CT molecular complexity index is 838. The van der Waals surface area contributed by atoms with E-state index >= 15 is 0 Å². The van der Waals surface area contributed by atoms with Crippen LogP contribution in [0, 0.1) is 5.92 Å². The third kappa shape index (κ3) is 9.80. The number of esters is 2. The Morgan fingerprint density at radius 3 is 2.42 bits per heavy atom. The minimum Gasteiger partial charge on any atom is -0.444 e. The summed E-state index contributed by atoms with van der Waals surface area (Å²) in [4.78, 5) is 58.2. The summed E-state index contributed by atoms with van der Waals surface area (Å²) in [6, 6.07) is 1.12. The lowest BCUT2D eigenvalue weighted by molar-refractivity contribution is -0.170. The molecule has 0 aliphatic carbocycles. The van der Waals surface area contributed by atoms with Crippen molar-refractivity contribution in [3.8, 4) is 0 Å². The van der Waals surface area contributed by atoms with Crippen molar-refractivity contribution in [1.29, 1.82) is 0 Å². The van der Waals surface area contributed by atoms with Gasteiger partial charge in [-0.2, -0.15) is 0 Å². The van der Waals surface area contributed by atoms with E-state index in [1.54, 1.807) is 20.8 Å². The van der Waals surface area contributed by atoms with Gasteiger partial charge < -0.3 is 30.0 Å². The summed E-state index contributed by atoms with van der Waals surface area (Å²) in [5, 5.41) is 16.6. The Kier molecular flexibility index (Phi) is 9.73. The largest absolute Gasteiger partial charge is 0.444 e. The van der Waals surface area contributed by atoms with Crippen molar-refractivity contribution in [1.82, 2.24) is 20.4 Å². The van der Waals surface area contributed by atoms with Crippen LogP contribution in [0.3, 0.4) is 0 Å². The number of H-pyrrole nitrogens is 1. The number of aryl methyl sites for hydroxylation is 1. The summed E-state index contributed by atoms with van der Waals surface area (Å²) in [6.07, 6.45) is -0.754. The number of alkyl carbamates (subject to hydrolysis) is 1. The van der Waals surface area contributed by atoms with Gasteiger partial charge in [-0.15, -0.1) is 0 Å². The summed E-state index contributed by atoms with van der Waals surface area (Å²) in [5.74, 6) is -3.20. The van der Waals surface area contributed by atoms with Crippen LogP contribution in [0.2, 0.25) is 0 Å². The number of amides is 2. The molecule has 2 amide bonds. The van der Waals surface area contributed by atoms with Gasteiger partial charge in [0.1, 0.15) is 17.8 Å². The van der Waals surface area contributed by atoms with Crippen LogP contribution in [0.1, 0.15) is 37.7 Å². The minimum atomic E-state index is -0.964. The summed E-state index contributed by atoms with van der Waals surface area (Å²) >= 11 is 0. The highest BCUT2D eigenvalue weighted by Crippen LogP contribution is 2.06. The Morgan fingerprint density at radius 2 is 1.87 bits per heavy atom. The summed E-state index contributed by atoms with van der Waals surface area (Å²) in [6.45, 7) is 3.27. The average molecular weight is 444 g/mol. The first-order valence-corrected chi connectivity index (χ1v) is 9.37. The average Bonchev–Trinajstić information content (AvgIpc) is 3.00. The van der Waals surface area contributed by atoms with E-state index in [-0.39, 0.29) is 24.2 Å². The molecule has 1 unspecified atom stereocenters. The number of rotatable bonds is 10. The zero-order valence-corrected chi connectivity index (χ0v) is 17.9. The first kappa shape index (κ1) is 25.7. The van der Waals surface area contributed by atoms with Crippen molar-refractivity contribution in [3.05, 3.63) is 22.1 Å². The highest BCUT2D eigenvalue weighted by atomic mass is 16.7. The second-order valence-corrected chi connectivity index (χ2v) is 7.44. The first-order chi connectivity index (χ1) is 14.4. The fourth-order valence-corrected chi connectivity index (χ4v) is 2.12. The van der Waals surface area contributed by atoms with Crippen molar-refractivity contribution >= 4 is 23.9 Å². The molecule has 0 radical (unpaired) electrons. The number of aliphatic hydroxyl groups is 1. The Hall–Kier alpha value is -3.35. The number of aliphatic hydroxyl groups excluding tert-OH is 1. The fourth-order valence-electron chi connectivity index (χ4n) is 2.12. The monoisotopic (exact) mass is 444 g/mol. The maximum atomic E-state index is 11.9. The predicted molar refractivity (Wildman–Crippen MR) is 105 cm³/mol. The van der Waals surface area contributed by atoms with Gasteiger partial charge in [0.25, 0.3) is 11.5 Å². The van der Waals surface area contributed by atoms with E-state index in [1.807, 2.05) is 0 Å². The number of nitrogens with zero attached hydrogens (tertiary/aromatic N) is 1. The molecule has 0 aliphatic heterocycles. The third-order valence-electron chi connectivity index (χ3n) is 3.66. The third-order valence-corrected chi connectivity index (χ3v) is 3.66. The van der Waals surface area contributed by atoms with E-state index < -0.39 is 55.4 Å². The molecule has 0 aromatic carbocycles. The quantitative estimate of drug-likeness (QED) is 0.260. The molecule has 1 heterocycles. The molecule has 0 spiro atoms. The number of carbonyl (C=O) groups excluding carboxylic acids is 4. The lowest BCUT2D eigenvalue weighted by Gasteiger charge is -2.19. The van der Waals surface area contributed by atoms with E-state index in [0.717, 1.165) is 10.7 Å². The maximum Gasteiger partial charge on any atom is 0.408 e.